The quantitative estimate of drug-likeness (QED) is 0.509. The topological polar surface area (TPSA) is 100 Å². The Balaban J connectivity index is 1.95. The molecule has 160 valence electrons. The molecule has 0 fully saturated rings. The molecule has 0 bridgehead atoms. The molecule has 2 aromatic carbocycles. The number of primary sulfonamides is 1. The molecule has 2 heterocycles. The van der Waals surface area contributed by atoms with Crippen LogP contribution >= 0.6 is 0 Å². The van der Waals surface area contributed by atoms with Crippen molar-refractivity contribution in [2.75, 3.05) is 7.11 Å². The van der Waals surface area contributed by atoms with Crippen molar-refractivity contribution >= 4 is 21.1 Å². The lowest BCUT2D eigenvalue weighted by Crippen LogP contribution is -2.14. The third-order valence-electron chi connectivity index (χ3n) is 4.96. The molecule has 0 unspecified atom stereocenters. The van der Waals surface area contributed by atoms with E-state index in [1.165, 1.54) is 13.3 Å². The van der Waals surface area contributed by atoms with Crippen molar-refractivity contribution in [1.29, 1.82) is 0 Å². The summed E-state index contributed by atoms with van der Waals surface area (Å²) < 4.78 is 59.4. The second-order valence-electron chi connectivity index (χ2n) is 6.90. The Morgan fingerprint density at radius 2 is 1.77 bits per heavy atom. The highest BCUT2D eigenvalue weighted by Crippen LogP contribution is 2.36. The van der Waals surface area contributed by atoms with Crippen molar-refractivity contribution in [3.05, 3.63) is 71.7 Å². The number of methoxy groups -OCH3 is 1. The van der Waals surface area contributed by atoms with E-state index in [0.29, 0.717) is 40.4 Å². The number of aromatic nitrogens is 3. The molecule has 4 rings (SSSR count). The molecule has 2 N–H and O–H groups in total. The zero-order valence-corrected chi connectivity index (χ0v) is 17.5. The minimum Gasteiger partial charge on any atom is -0.480 e. The molecular weight excluding hydrogens is 426 g/mol. The van der Waals surface area contributed by atoms with Gasteiger partial charge in [0.05, 0.1) is 35.8 Å². The van der Waals surface area contributed by atoms with Gasteiger partial charge >= 0.3 is 0 Å². The summed E-state index contributed by atoms with van der Waals surface area (Å²) in [6, 6.07) is 10.7. The molecule has 31 heavy (non-hydrogen) atoms. The van der Waals surface area contributed by atoms with E-state index < -0.39 is 26.6 Å². The van der Waals surface area contributed by atoms with E-state index in [9.17, 15) is 17.2 Å². The average Bonchev–Trinajstić information content (AvgIpc) is 3.04. The van der Waals surface area contributed by atoms with Gasteiger partial charge in [0.15, 0.2) is 0 Å². The van der Waals surface area contributed by atoms with Crippen molar-refractivity contribution in [3.8, 4) is 17.0 Å². The van der Waals surface area contributed by atoms with Crippen LogP contribution in [0.1, 0.15) is 11.4 Å². The fourth-order valence-electron chi connectivity index (χ4n) is 3.49. The van der Waals surface area contributed by atoms with E-state index in [2.05, 4.69) is 9.97 Å². The molecule has 0 aliphatic rings. The molecule has 0 saturated carbocycles. The lowest BCUT2D eigenvalue weighted by molar-refractivity contribution is 0.400. The lowest BCUT2D eigenvalue weighted by Gasteiger charge is -2.14. The Bertz CT molecular complexity index is 1380. The van der Waals surface area contributed by atoms with Gasteiger partial charge in [-0.05, 0) is 24.6 Å². The molecule has 0 spiro atoms. The maximum absolute atomic E-state index is 14.7. The monoisotopic (exact) mass is 444 g/mol. The van der Waals surface area contributed by atoms with Crippen molar-refractivity contribution in [2.45, 2.75) is 18.4 Å². The number of rotatable bonds is 5. The standard InChI is InChI=1S/C21H18F2N4O3S/c1-12-26-18-10-25-21(30-2)19(13-6-4-3-5-7-13)20(18)27(12)11-15-16(22)8-14(9-17(15)23)31(24,28)29/h3-10H,11H2,1-2H3,(H2,24,28,29). The number of nitrogens with zero attached hydrogens (tertiary/aromatic N) is 3. The summed E-state index contributed by atoms with van der Waals surface area (Å²) in [5, 5.41) is 5.00. The summed E-state index contributed by atoms with van der Waals surface area (Å²) >= 11 is 0. The lowest BCUT2D eigenvalue weighted by atomic mass is 10.1. The molecule has 2 aromatic heterocycles. The van der Waals surface area contributed by atoms with Crippen LogP contribution in [0, 0.1) is 18.6 Å². The van der Waals surface area contributed by atoms with E-state index in [1.807, 2.05) is 30.3 Å². The Kier molecular flexibility index (Phi) is 5.19. The number of aryl methyl sites for hydroxylation is 1. The van der Waals surface area contributed by atoms with Gasteiger partial charge in [-0.15, -0.1) is 0 Å². The summed E-state index contributed by atoms with van der Waals surface area (Å²) in [5.41, 5.74) is 2.22. The first kappa shape index (κ1) is 20.9. The van der Waals surface area contributed by atoms with E-state index in [0.717, 1.165) is 5.56 Å². The van der Waals surface area contributed by atoms with Gasteiger partial charge in [0, 0.05) is 5.56 Å². The second-order valence-corrected chi connectivity index (χ2v) is 8.46. The molecule has 0 aliphatic heterocycles. The van der Waals surface area contributed by atoms with Crippen LogP contribution in [0.3, 0.4) is 0 Å². The third kappa shape index (κ3) is 3.75. The van der Waals surface area contributed by atoms with Crippen LogP contribution in [0.15, 0.2) is 53.6 Å². The van der Waals surface area contributed by atoms with E-state index >= 15 is 0 Å². The number of imidazole rings is 1. The van der Waals surface area contributed by atoms with Crippen LogP contribution in [0.5, 0.6) is 5.88 Å². The summed E-state index contributed by atoms with van der Waals surface area (Å²) in [6.07, 6.45) is 1.53. The van der Waals surface area contributed by atoms with Crippen LogP contribution in [0.2, 0.25) is 0 Å². The van der Waals surface area contributed by atoms with Crippen LogP contribution < -0.4 is 9.88 Å². The van der Waals surface area contributed by atoms with Crippen molar-refractivity contribution in [2.24, 2.45) is 5.14 Å². The Labute approximate surface area is 177 Å². The normalized spacial score (nSPS) is 11.8. The van der Waals surface area contributed by atoms with Crippen molar-refractivity contribution < 1.29 is 21.9 Å². The van der Waals surface area contributed by atoms with Crippen LogP contribution in [0.4, 0.5) is 8.78 Å². The minimum absolute atomic E-state index is 0.224. The molecule has 0 atom stereocenters. The maximum atomic E-state index is 14.7. The zero-order valence-electron chi connectivity index (χ0n) is 16.6. The first-order chi connectivity index (χ1) is 14.7. The number of hydrogen-bond acceptors (Lipinski definition) is 5. The number of sulfonamides is 1. The predicted molar refractivity (Wildman–Crippen MR) is 111 cm³/mol. The van der Waals surface area contributed by atoms with Crippen LogP contribution in [-0.2, 0) is 16.6 Å². The van der Waals surface area contributed by atoms with Crippen molar-refractivity contribution in [3.63, 3.8) is 0 Å². The SMILES string of the molecule is COc1ncc2nc(C)n(Cc3c(F)cc(S(N)(=O)=O)cc3F)c2c1-c1ccccc1. The Morgan fingerprint density at radius 3 is 2.35 bits per heavy atom. The fraction of sp³-hybridized carbons (Fsp3) is 0.143. The minimum atomic E-state index is -4.25. The molecule has 10 heteroatoms. The van der Waals surface area contributed by atoms with E-state index in [1.54, 1.807) is 11.5 Å². The fourth-order valence-corrected chi connectivity index (χ4v) is 4.03. The number of hydrogen-bond donors (Lipinski definition) is 1. The summed E-state index contributed by atoms with van der Waals surface area (Å²) in [7, 11) is -2.76. The highest BCUT2D eigenvalue weighted by Gasteiger charge is 2.22. The van der Waals surface area contributed by atoms with Gasteiger partial charge in [0.2, 0.25) is 15.9 Å². The first-order valence-corrected chi connectivity index (χ1v) is 10.7. The largest absolute Gasteiger partial charge is 0.480 e. The summed E-state index contributed by atoms with van der Waals surface area (Å²) in [4.78, 5) is 8.15. The number of ether oxygens (including phenoxy) is 1. The number of nitrogens with two attached hydrogens (primary N) is 1. The molecule has 0 amide bonds. The van der Waals surface area contributed by atoms with Gasteiger partial charge in [-0.2, -0.15) is 0 Å². The van der Waals surface area contributed by atoms with E-state index in [-0.39, 0.29) is 12.1 Å². The maximum Gasteiger partial charge on any atom is 0.238 e. The number of halogens is 2. The van der Waals surface area contributed by atoms with Crippen LogP contribution in [0.25, 0.3) is 22.2 Å². The Hall–Kier alpha value is -3.37. The van der Waals surface area contributed by atoms with Gasteiger partial charge in [-0.3, -0.25) is 0 Å². The average molecular weight is 444 g/mol. The molecule has 0 aliphatic carbocycles. The molecule has 0 radical (unpaired) electrons. The Morgan fingerprint density at radius 1 is 1.13 bits per heavy atom. The summed E-state index contributed by atoms with van der Waals surface area (Å²) in [5.74, 6) is -1.21. The number of benzene rings is 2. The van der Waals surface area contributed by atoms with E-state index in [4.69, 9.17) is 9.88 Å². The van der Waals surface area contributed by atoms with Gasteiger partial charge in [-0.25, -0.2) is 32.3 Å². The summed E-state index contributed by atoms with van der Waals surface area (Å²) in [6.45, 7) is 1.48. The molecule has 7 nitrogen and oxygen atoms in total. The highest BCUT2D eigenvalue weighted by atomic mass is 32.2. The third-order valence-corrected chi connectivity index (χ3v) is 5.85. The molecule has 4 aromatic rings. The second kappa shape index (κ2) is 7.71. The first-order valence-electron chi connectivity index (χ1n) is 9.16. The van der Waals surface area contributed by atoms with Gasteiger partial charge in [0.25, 0.3) is 0 Å². The molecular formula is C21H18F2N4O3S. The van der Waals surface area contributed by atoms with Gasteiger partial charge < -0.3 is 9.30 Å². The smallest absolute Gasteiger partial charge is 0.238 e. The van der Waals surface area contributed by atoms with Gasteiger partial charge in [0.1, 0.15) is 23.0 Å². The highest BCUT2D eigenvalue weighted by molar-refractivity contribution is 7.89. The van der Waals surface area contributed by atoms with Crippen LogP contribution in [-0.4, -0.2) is 30.1 Å². The zero-order chi connectivity index (χ0) is 22.3. The number of fused-ring (bicyclic) bond motifs is 1. The van der Waals surface area contributed by atoms with Crippen molar-refractivity contribution in [1.82, 2.24) is 14.5 Å². The predicted octanol–water partition coefficient (Wildman–Crippen LogP) is 3.39. The molecule has 0 saturated heterocycles. The van der Waals surface area contributed by atoms with Gasteiger partial charge in [-0.1, -0.05) is 30.3 Å². The number of pyridine rings is 1.